The highest BCUT2D eigenvalue weighted by molar-refractivity contribution is 9.13. The molecule has 5 heteroatoms. The molecule has 0 heterocycles. The fraction of sp³-hybridized carbons (Fsp3) is 0. The van der Waals surface area contributed by atoms with Crippen molar-refractivity contribution in [2.75, 3.05) is 0 Å². The van der Waals surface area contributed by atoms with Gasteiger partial charge in [-0.3, -0.25) is 0 Å². The second-order valence-electron chi connectivity index (χ2n) is 3.37. The highest BCUT2D eigenvalue weighted by atomic mass is 79.9. The van der Waals surface area contributed by atoms with Crippen LogP contribution in [-0.4, -0.2) is 0 Å². The highest BCUT2D eigenvalue weighted by Gasteiger charge is 2.10. The molecule has 0 amide bonds. The average Bonchev–Trinajstić information content (AvgIpc) is 2.27. The van der Waals surface area contributed by atoms with Crippen LogP contribution in [0.4, 0.5) is 0 Å². The SMILES string of the molecule is Brc1ccc(Br)c(-c2cc(Br)c(Br)cc2Br)c1. The lowest BCUT2D eigenvalue weighted by Crippen LogP contribution is -1.84. The van der Waals surface area contributed by atoms with Gasteiger partial charge in [-0.1, -0.05) is 47.8 Å². The number of hydrogen-bond acceptors (Lipinski definition) is 0. The number of rotatable bonds is 1. The molecule has 0 saturated heterocycles. The second-order valence-corrected chi connectivity index (χ2v) is 7.70. The average molecular weight is 549 g/mol. The summed E-state index contributed by atoms with van der Waals surface area (Å²) in [7, 11) is 0. The highest BCUT2D eigenvalue weighted by Crippen LogP contribution is 2.39. The standard InChI is InChI=1S/C12H5Br5/c13-6-1-2-9(14)7(3-6)8-4-11(16)12(17)5-10(8)15/h1-5H. The molecule has 0 radical (unpaired) electrons. The number of hydrogen-bond donors (Lipinski definition) is 0. The molecule has 17 heavy (non-hydrogen) atoms. The molecule has 0 N–H and O–H groups in total. The first-order chi connectivity index (χ1) is 7.99. The molecule has 2 rings (SSSR count). The van der Waals surface area contributed by atoms with E-state index in [-0.39, 0.29) is 0 Å². The maximum Gasteiger partial charge on any atom is 0.0329 e. The van der Waals surface area contributed by atoms with E-state index in [0.717, 1.165) is 33.5 Å². The monoisotopic (exact) mass is 544 g/mol. The smallest absolute Gasteiger partial charge is 0.0329 e. The van der Waals surface area contributed by atoms with Crippen LogP contribution in [0.25, 0.3) is 11.1 Å². The Morgan fingerprint density at radius 1 is 0.529 bits per heavy atom. The van der Waals surface area contributed by atoms with Crippen LogP contribution in [0.2, 0.25) is 0 Å². The van der Waals surface area contributed by atoms with Crippen LogP contribution in [0.5, 0.6) is 0 Å². The summed E-state index contributed by atoms with van der Waals surface area (Å²) in [6, 6.07) is 10.2. The van der Waals surface area contributed by atoms with Crippen molar-refractivity contribution in [3.05, 3.63) is 52.7 Å². The van der Waals surface area contributed by atoms with E-state index in [9.17, 15) is 0 Å². The third-order valence-corrected chi connectivity index (χ3v) is 5.91. The normalized spacial score (nSPS) is 10.6. The zero-order valence-electron chi connectivity index (χ0n) is 8.28. The summed E-state index contributed by atoms with van der Waals surface area (Å²) in [6.45, 7) is 0. The lowest BCUT2D eigenvalue weighted by atomic mass is 10.1. The Morgan fingerprint density at radius 2 is 1.12 bits per heavy atom. The van der Waals surface area contributed by atoms with Crippen LogP contribution in [0, 0.1) is 0 Å². The fourth-order valence-corrected chi connectivity index (χ4v) is 3.81. The van der Waals surface area contributed by atoms with E-state index in [4.69, 9.17) is 0 Å². The van der Waals surface area contributed by atoms with Gasteiger partial charge < -0.3 is 0 Å². The van der Waals surface area contributed by atoms with E-state index in [0.29, 0.717) is 0 Å². The van der Waals surface area contributed by atoms with E-state index >= 15 is 0 Å². The second kappa shape index (κ2) is 5.87. The summed E-state index contributed by atoms with van der Waals surface area (Å²) < 4.78 is 5.23. The topological polar surface area (TPSA) is 0 Å². The predicted octanol–water partition coefficient (Wildman–Crippen LogP) is 7.17. The zero-order valence-corrected chi connectivity index (χ0v) is 16.2. The van der Waals surface area contributed by atoms with Gasteiger partial charge in [-0.25, -0.2) is 0 Å². The molecular formula is C12H5Br5. The molecule has 0 aliphatic heterocycles. The van der Waals surface area contributed by atoms with Crippen LogP contribution < -0.4 is 0 Å². The van der Waals surface area contributed by atoms with Gasteiger partial charge in [0, 0.05) is 22.4 Å². The predicted molar refractivity (Wildman–Crippen MR) is 90.4 cm³/mol. The Morgan fingerprint density at radius 3 is 1.82 bits per heavy atom. The summed E-state index contributed by atoms with van der Waals surface area (Å²) in [5, 5.41) is 0. The minimum absolute atomic E-state index is 1.03. The third-order valence-electron chi connectivity index (χ3n) is 2.23. The van der Waals surface area contributed by atoms with E-state index < -0.39 is 0 Å². The van der Waals surface area contributed by atoms with E-state index in [2.05, 4.69) is 91.8 Å². The molecule has 0 aromatic heterocycles. The van der Waals surface area contributed by atoms with Gasteiger partial charge in [0.1, 0.15) is 0 Å². The third kappa shape index (κ3) is 3.24. The molecular weight excluding hydrogens is 544 g/mol. The minimum Gasteiger partial charge on any atom is -0.0508 e. The van der Waals surface area contributed by atoms with Crippen LogP contribution >= 0.6 is 79.6 Å². The van der Waals surface area contributed by atoms with Gasteiger partial charge in [0.25, 0.3) is 0 Å². The van der Waals surface area contributed by atoms with Crippen LogP contribution in [0.3, 0.4) is 0 Å². The molecule has 0 atom stereocenters. The van der Waals surface area contributed by atoms with Crippen molar-refractivity contribution in [1.29, 1.82) is 0 Å². The molecule has 2 aromatic rings. The number of halogens is 5. The van der Waals surface area contributed by atoms with Crippen molar-refractivity contribution in [1.82, 2.24) is 0 Å². The van der Waals surface area contributed by atoms with E-state index in [1.54, 1.807) is 0 Å². The summed E-state index contributed by atoms with van der Waals surface area (Å²) >= 11 is 17.7. The first-order valence-electron chi connectivity index (χ1n) is 4.59. The molecule has 0 spiro atoms. The molecule has 0 aliphatic carbocycles. The summed E-state index contributed by atoms with van der Waals surface area (Å²) in [6.07, 6.45) is 0. The molecule has 0 nitrogen and oxygen atoms in total. The Bertz CT molecular complexity index is 577. The van der Waals surface area contributed by atoms with Gasteiger partial charge in [0.05, 0.1) is 0 Å². The van der Waals surface area contributed by atoms with Crippen molar-refractivity contribution < 1.29 is 0 Å². The first-order valence-corrected chi connectivity index (χ1v) is 8.55. The Labute approximate surface area is 142 Å². The minimum atomic E-state index is 1.03. The van der Waals surface area contributed by atoms with Crippen molar-refractivity contribution in [2.24, 2.45) is 0 Å². The van der Waals surface area contributed by atoms with Crippen LogP contribution in [-0.2, 0) is 0 Å². The molecule has 0 unspecified atom stereocenters. The Balaban J connectivity index is 2.68. The quantitative estimate of drug-likeness (QED) is 0.332. The van der Waals surface area contributed by atoms with Crippen molar-refractivity contribution in [2.45, 2.75) is 0 Å². The van der Waals surface area contributed by atoms with Gasteiger partial charge in [-0.2, -0.15) is 0 Å². The van der Waals surface area contributed by atoms with Crippen LogP contribution in [0.1, 0.15) is 0 Å². The first kappa shape index (κ1) is 14.3. The lowest BCUT2D eigenvalue weighted by molar-refractivity contribution is 1.50. The maximum absolute atomic E-state index is 3.59. The molecule has 2 aromatic carbocycles. The summed E-state index contributed by atoms with van der Waals surface area (Å²) in [5.41, 5.74) is 2.27. The van der Waals surface area contributed by atoms with Gasteiger partial charge >= 0.3 is 0 Å². The Hall–Kier alpha value is 0.840. The molecule has 0 fully saturated rings. The van der Waals surface area contributed by atoms with Gasteiger partial charge in [0.15, 0.2) is 0 Å². The number of benzene rings is 2. The molecule has 0 aliphatic rings. The van der Waals surface area contributed by atoms with Gasteiger partial charge in [-0.15, -0.1) is 0 Å². The largest absolute Gasteiger partial charge is 0.0508 e. The zero-order chi connectivity index (χ0) is 12.6. The molecule has 0 bridgehead atoms. The van der Waals surface area contributed by atoms with Crippen molar-refractivity contribution in [3.8, 4) is 11.1 Å². The van der Waals surface area contributed by atoms with E-state index in [1.165, 1.54) is 0 Å². The van der Waals surface area contributed by atoms with Crippen molar-refractivity contribution >= 4 is 79.6 Å². The van der Waals surface area contributed by atoms with Gasteiger partial charge in [0.2, 0.25) is 0 Å². The van der Waals surface area contributed by atoms with Crippen LogP contribution in [0.15, 0.2) is 52.7 Å². The maximum atomic E-state index is 3.59. The van der Waals surface area contributed by atoms with Gasteiger partial charge in [-0.05, 0) is 73.3 Å². The fourth-order valence-electron chi connectivity index (χ4n) is 1.43. The van der Waals surface area contributed by atoms with E-state index in [1.807, 2.05) is 18.2 Å². The lowest BCUT2D eigenvalue weighted by Gasteiger charge is -2.10. The molecule has 0 saturated carbocycles. The van der Waals surface area contributed by atoms with Crippen molar-refractivity contribution in [3.63, 3.8) is 0 Å². The molecule has 88 valence electrons. The summed E-state index contributed by atoms with van der Waals surface area (Å²) in [5.74, 6) is 0. The Kier molecular flexibility index (Phi) is 4.92. The summed E-state index contributed by atoms with van der Waals surface area (Å²) in [4.78, 5) is 0.